The highest BCUT2D eigenvalue weighted by atomic mass is 16.5. The molecule has 0 aliphatic rings. The van der Waals surface area contributed by atoms with Gasteiger partial charge in [-0.1, -0.05) is 24.3 Å². The fourth-order valence-electron chi connectivity index (χ4n) is 3.24. The lowest BCUT2D eigenvalue weighted by Crippen LogP contribution is -2.02. The van der Waals surface area contributed by atoms with E-state index in [-0.39, 0.29) is 23.1 Å². The van der Waals surface area contributed by atoms with Gasteiger partial charge in [0.1, 0.15) is 17.2 Å². The summed E-state index contributed by atoms with van der Waals surface area (Å²) in [5.41, 5.74) is 1.80. The number of rotatable bonds is 6. The van der Waals surface area contributed by atoms with Crippen molar-refractivity contribution in [1.82, 2.24) is 15.0 Å². The first-order valence-corrected chi connectivity index (χ1v) is 10.2. The summed E-state index contributed by atoms with van der Waals surface area (Å²) in [6.45, 7) is 2.32. The number of methoxy groups -OCH3 is 1. The fourth-order valence-corrected chi connectivity index (χ4v) is 3.24. The Labute approximate surface area is 190 Å². The maximum atomic E-state index is 11.8. The van der Waals surface area contributed by atoms with E-state index in [4.69, 9.17) is 9.47 Å². The van der Waals surface area contributed by atoms with Crippen molar-refractivity contribution in [2.45, 2.75) is 6.92 Å². The van der Waals surface area contributed by atoms with E-state index >= 15 is 0 Å². The van der Waals surface area contributed by atoms with Crippen LogP contribution in [0.25, 0.3) is 34.2 Å². The molecule has 0 atom stereocenters. The first-order valence-electron chi connectivity index (χ1n) is 10.2. The van der Waals surface area contributed by atoms with Crippen LogP contribution in [0.3, 0.4) is 0 Å². The number of carbonyl (C=O) groups is 1. The van der Waals surface area contributed by atoms with Crippen LogP contribution in [0.2, 0.25) is 0 Å². The molecule has 0 radical (unpaired) electrons. The predicted octanol–water partition coefficient (Wildman–Crippen LogP) is 4.47. The van der Waals surface area contributed by atoms with Gasteiger partial charge in [-0.15, -0.1) is 0 Å². The lowest BCUT2D eigenvalue weighted by molar-refractivity contribution is 0.0600. The minimum atomic E-state index is -0.452. The van der Waals surface area contributed by atoms with E-state index < -0.39 is 5.97 Å². The van der Waals surface area contributed by atoms with E-state index in [9.17, 15) is 15.0 Å². The highest BCUT2D eigenvalue weighted by Crippen LogP contribution is 2.34. The van der Waals surface area contributed by atoms with E-state index in [1.165, 1.54) is 19.2 Å². The van der Waals surface area contributed by atoms with Gasteiger partial charge in [0, 0.05) is 11.6 Å². The second-order valence-electron chi connectivity index (χ2n) is 7.00. The molecule has 166 valence electrons. The van der Waals surface area contributed by atoms with E-state index in [2.05, 4.69) is 15.0 Å². The molecule has 1 aromatic heterocycles. The zero-order chi connectivity index (χ0) is 23.4. The highest BCUT2D eigenvalue weighted by Gasteiger charge is 2.17. The number of benzene rings is 3. The van der Waals surface area contributed by atoms with Crippen LogP contribution >= 0.6 is 0 Å². The molecule has 8 heteroatoms. The van der Waals surface area contributed by atoms with Gasteiger partial charge in [0.05, 0.1) is 30.4 Å². The Hall–Kier alpha value is -4.46. The third-order valence-corrected chi connectivity index (χ3v) is 4.87. The maximum absolute atomic E-state index is 11.8. The summed E-state index contributed by atoms with van der Waals surface area (Å²) in [6, 6.07) is 18.2. The van der Waals surface area contributed by atoms with Gasteiger partial charge in [0.25, 0.3) is 0 Å². The third-order valence-electron chi connectivity index (χ3n) is 4.87. The Morgan fingerprint density at radius 2 is 1.45 bits per heavy atom. The van der Waals surface area contributed by atoms with Crippen molar-refractivity contribution in [1.29, 1.82) is 0 Å². The number of phenolic OH excluding ortho intramolecular Hbond substituents is 2. The van der Waals surface area contributed by atoms with Crippen LogP contribution in [-0.4, -0.2) is 44.9 Å². The van der Waals surface area contributed by atoms with Gasteiger partial charge in [-0.05, 0) is 43.3 Å². The summed E-state index contributed by atoms with van der Waals surface area (Å²) in [4.78, 5) is 25.3. The lowest BCUT2D eigenvalue weighted by atomic mass is 10.1. The molecule has 0 aliphatic carbocycles. The summed E-state index contributed by atoms with van der Waals surface area (Å²) in [5.74, 6) is 0.789. The number of para-hydroxylation sites is 1. The topological polar surface area (TPSA) is 115 Å². The Morgan fingerprint density at radius 3 is 2.06 bits per heavy atom. The summed E-state index contributed by atoms with van der Waals surface area (Å²) in [7, 11) is 1.32. The molecule has 4 aromatic rings. The van der Waals surface area contributed by atoms with Crippen LogP contribution in [0, 0.1) is 0 Å². The monoisotopic (exact) mass is 443 g/mol. The van der Waals surface area contributed by atoms with Crippen molar-refractivity contribution >= 4 is 5.97 Å². The number of carbonyl (C=O) groups excluding carboxylic acids is 1. The van der Waals surface area contributed by atoms with Crippen molar-refractivity contribution in [2.75, 3.05) is 13.7 Å². The minimum Gasteiger partial charge on any atom is -0.507 e. The standard InChI is InChI=1S/C25H21N3O5/c1-3-33-17-12-13-19(21(30)14-17)24-27-22(15-8-10-16(11-9-15)25(31)32-2)26-23(28-24)18-6-4-5-7-20(18)29/h4-14,29-30H,3H2,1-2H3. The minimum absolute atomic E-state index is 0.0116. The lowest BCUT2D eigenvalue weighted by Gasteiger charge is -2.11. The molecule has 0 fully saturated rings. The molecule has 33 heavy (non-hydrogen) atoms. The van der Waals surface area contributed by atoms with E-state index in [0.29, 0.717) is 40.4 Å². The average Bonchev–Trinajstić information content (AvgIpc) is 2.84. The van der Waals surface area contributed by atoms with E-state index in [1.807, 2.05) is 6.92 Å². The van der Waals surface area contributed by atoms with Crippen LogP contribution in [-0.2, 0) is 4.74 Å². The smallest absolute Gasteiger partial charge is 0.337 e. The molecule has 0 aliphatic heterocycles. The van der Waals surface area contributed by atoms with Crippen molar-refractivity contribution in [3.63, 3.8) is 0 Å². The second-order valence-corrected chi connectivity index (χ2v) is 7.00. The average molecular weight is 443 g/mol. The van der Waals surface area contributed by atoms with Gasteiger partial charge in [0.15, 0.2) is 17.5 Å². The largest absolute Gasteiger partial charge is 0.507 e. The van der Waals surface area contributed by atoms with Gasteiger partial charge < -0.3 is 19.7 Å². The van der Waals surface area contributed by atoms with E-state index in [1.54, 1.807) is 54.6 Å². The normalized spacial score (nSPS) is 10.6. The SMILES string of the molecule is CCOc1ccc(-c2nc(-c3ccc(C(=O)OC)cc3)nc(-c3ccccc3O)n2)c(O)c1. The molecule has 8 nitrogen and oxygen atoms in total. The Kier molecular flexibility index (Phi) is 6.17. The number of ether oxygens (including phenoxy) is 2. The first-order chi connectivity index (χ1) is 16.0. The van der Waals surface area contributed by atoms with Crippen LogP contribution < -0.4 is 4.74 Å². The molecule has 0 bridgehead atoms. The van der Waals surface area contributed by atoms with Crippen LogP contribution in [0.4, 0.5) is 0 Å². The Bertz CT molecular complexity index is 1310. The highest BCUT2D eigenvalue weighted by molar-refractivity contribution is 5.89. The summed E-state index contributed by atoms with van der Waals surface area (Å²) in [5, 5.41) is 20.9. The zero-order valence-corrected chi connectivity index (χ0v) is 18.0. The van der Waals surface area contributed by atoms with Crippen molar-refractivity contribution in [2.24, 2.45) is 0 Å². The van der Waals surface area contributed by atoms with Crippen LogP contribution in [0.5, 0.6) is 17.2 Å². The zero-order valence-electron chi connectivity index (χ0n) is 18.0. The van der Waals surface area contributed by atoms with Gasteiger partial charge in [0.2, 0.25) is 0 Å². The Morgan fingerprint density at radius 1 is 0.818 bits per heavy atom. The van der Waals surface area contributed by atoms with Crippen LogP contribution in [0.1, 0.15) is 17.3 Å². The van der Waals surface area contributed by atoms with E-state index in [0.717, 1.165) is 0 Å². The number of phenols is 2. The molecular formula is C25H21N3O5. The van der Waals surface area contributed by atoms with Crippen molar-refractivity contribution < 1.29 is 24.5 Å². The molecule has 0 saturated heterocycles. The van der Waals surface area contributed by atoms with Crippen LogP contribution in [0.15, 0.2) is 66.7 Å². The molecule has 0 unspecified atom stereocenters. The molecule has 0 spiro atoms. The third kappa shape index (κ3) is 4.59. The first kappa shape index (κ1) is 21.8. The van der Waals surface area contributed by atoms with Crippen molar-refractivity contribution in [3.05, 3.63) is 72.3 Å². The molecule has 3 aromatic carbocycles. The molecule has 4 rings (SSSR count). The molecule has 2 N–H and O–H groups in total. The maximum Gasteiger partial charge on any atom is 0.337 e. The molecule has 0 saturated carbocycles. The molecule has 0 amide bonds. The number of aromatic hydroxyl groups is 2. The Balaban J connectivity index is 1.86. The molecular weight excluding hydrogens is 422 g/mol. The number of hydrogen-bond acceptors (Lipinski definition) is 8. The summed E-state index contributed by atoms with van der Waals surface area (Å²) in [6.07, 6.45) is 0. The number of hydrogen-bond donors (Lipinski definition) is 2. The quantitative estimate of drug-likeness (QED) is 0.420. The van der Waals surface area contributed by atoms with Gasteiger partial charge >= 0.3 is 5.97 Å². The summed E-state index contributed by atoms with van der Waals surface area (Å²) >= 11 is 0. The van der Waals surface area contributed by atoms with Gasteiger partial charge in [-0.2, -0.15) is 0 Å². The van der Waals surface area contributed by atoms with Gasteiger partial charge in [-0.25, -0.2) is 19.7 Å². The van der Waals surface area contributed by atoms with Gasteiger partial charge in [-0.3, -0.25) is 0 Å². The summed E-state index contributed by atoms with van der Waals surface area (Å²) < 4.78 is 10.2. The second kappa shape index (κ2) is 9.35. The fraction of sp³-hybridized carbons (Fsp3) is 0.120. The number of nitrogens with zero attached hydrogens (tertiary/aromatic N) is 3. The predicted molar refractivity (Wildman–Crippen MR) is 122 cm³/mol. The molecule has 1 heterocycles. The number of esters is 1. The van der Waals surface area contributed by atoms with Crippen molar-refractivity contribution in [3.8, 4) is 51.4 Å². The number of aromatic nitrogens is 3.